The number of aryl methyl sites for hydroxylation is 1. The lowest BCUT2D eigenvalue weighted by molar-refractivity contribution is 0.102. The number of aromatic nitrogens is 2. The van der Waals surface area contributed by atoms with Gasteiger partial charge in [-0.05, 0) is 23.9 Å². The molecule has 3 aromatic rings. The second-order valence-electron chi connectivity index (χ2n) is 5.01. The number of hydrogen-bond donors (Lipinski definition) is 1. The average molecular weight is 332 g/mol. The molecule has 0 aliphatic rings. The Kier molecular flexibility index (Phi) is 4.33. The first-order valence-electron chi connectivity index (χ1n) is 6.87. The second-order valence-corrected chi connectivity index (χ2v) is 7.01. The van der Waals surface area contributed by atoms with Crippen molar-refractivity contribution in [2.45, 2.75) is 18.7 Å². The van der Waals surface area contributed by atoms with Crippen LogP contribution < -0.4 is 0 Å². The summed E-state index contributed by atoms with van der Waals surface area (Å²) in [7, 11) is 1.84. The molecule has 1 aromatic carbocycles. The van der Waals surface area contributed by atoms with E-state index in [1.165, 1.54) is 11.8 Å². The van der Waals surface area contributed by atoms with Crippen LogP contribution in [-0.2, 0) is 13.7 Å². The Labute approximate surface area is 136 Å². The molecule has 0 amide bonds. The summed E-state index contributed by atoms with van der Waals surface area (Å²) < 4.78 is 2.96. The summed E-state index contributed by atoms with van der Waals surface area (Å²) in [6, 6.07) is 8.08. The molecule has 0 spiro atoms. The molecule has 0 saturated carbocycles. The summed E-state index contributed by atoms with van der Waals surface area (Å²) in [5.41, 5.74) is 1.80. The summed E-state index contributed by atoms with van der Waals surface area (Å²) in [5, 5.41) is 11.1. The maximum atomic E-state index is 12.5. The van der Waals surface area contributed by atoms with Crippen molar-refractivity contribution in [3.05, 3.63) is 46.6 Å². The van der Waals surface area contributed by atoms with Gasteiger partial charge in [-0.1, -0.05) is 30.0 Å². The van der Waals surface area contributed by atoms with Crippen LogP contribution in [0.3, 0.4) is 0 Å². The Morgan fingerprint density at radius 1 is 1.41 bits per heavy atom. The van der Waals surface area contributed by atoms with Crippen LogP contribution in [0.5, 0.6) is 0 Å². The number of nitrogens with zero attached hydrogens (tertiary/aromatic N) is 2. The summed E-state index contributed by atoms with van der Waals surface area (Å²) in [6.45, 7) is 1.95. The van der Waals surface area contributed by atoms with Gasteiger partial charge in [0, 0.05) is 11.7 Å². The number of fused-ring (bicyclic) bond motifs is 1. The summed E-state index contributed by atoms with van der Waals surface area (Å²) >= 11 is 2.95. The molecule has 0 fully saturated rings. The SMILES string of the molecule is Cc1c(C(=O)CSc2ncc(CO)n2C)sc2ccccc12. The lowest BCUT2D eigenvalue weighted by Crippen LogP contribution is -2.04. The Morgan fingerprint density at radius 2 is 2.18 bits per heavy atom. The molecule has 22 heavy (non-hydrogen) atoms. The number of thioether (sulfide) groups is 1. The van der Waals surface area contributed by atoms with Crippen molar-refractivity contribution in [3.8, 4) is 0 Å². The smallest absolute Gasteiger partial charge is 0.183 e. The van der Waals surface area contributed by atoms with E-state index in [1.54, 1.807) is 17.5 Å². The van der Waals surface area contributed by atoms with Crippen LogP contribution in [0.1, 0.15) is 20.9 Å². The predicted octanol–water partition coefficient (Wildman–Crippen LogP) is 3.41. The van der Waals surface area contributed by atoms with Gasteiger partial charge in [0.2, 0.25) is 0 Å². The third-order valence-corrected chi connectivity index (χ3v) is 5.99. The van der Waals surface area contributed by atoms with E-state index < -0.39 is 0 Å². The highest BCUT2D eigenvalue weighted by Gasteiger charge is 2.16. The van der Waals surface area contributed by atoms with Crippen molar-refractivity contribution >= 4 is 39.0 Å². The molecule has 0 saturated heterocycles. The fourth-order valence-electron chi connectivity index (χ4n) is 2.34. The number of carbonyl (C=O) groups excluding carboxylic acids is 1. The van der Waals surface area contributed by atoms with Gasteiger partial charge in [-0.25, -0.2) is 4.98 Å². The first kappa shape index (κ1) is 15.3. The average Bonchev–Trinajstić information content (AvgIpc) is 3.06. The second kappa shape index (κ2) is 6.24. The van der Waals surface area contributed by atoms with E-state index in [1.807, 2.05) is 36.7 Å². The number of aliphatic hydroxyl groups excluding tert-OH is 1. The predicted molar refractivity (Wildman–Crippen MR) is 90.7 cm³/mol. The van der Waals surface area contributed by atoms with E-state index in [-0.39, 0.29) is 12.4 Å². The zero-order valence-electron chi connectivity index (χ0n) is 12.4. The summed E-state index contributed by atoms with van der Waals surface area (Å²) in [4.78, 5) is 17.6. The van der Waals surface area contributed by atoms with Crippen LogP contribution in [0.4, 0.5) is 0 Å². The molecule has 6 heteroatoms. The maximum Gasteiger partial charge on any atom is 0.183 e. The van der Waals surface area contributed by atoms with Crippen molar-refractivity contribution in [1.82, 2.24) is 9.55 Å². The first-order chi connectivity index (χ1) is 10.6. The highest BCUT2D eigenvalue weighted by molar-refractivity contribution is 7.99. The van der Waals surface area contributed by atoms with Crippen molar-refractivity contribution in [2.75, 3.05) is 5.75 Å². The minimum Gasteiger partial charge on any atom is -0.390 e. The van der Waals surface area contributed by atoms with Gasteiger partial charge in [0.05, 0.1) is 29.1 Å². The number of rotatable bonds is 5. The monoisotopic (exact) mass is 332 g/mol. The number of aliphatic hydroxyl groups is 1. The molecule has 4 nitrogen and oxygen atoms in total. The quantitative estimate of drug-likeness (QED) is 0.575. The van der Waals surface area contributed by atoms with E-state index in [0.29, 0.717) is 5.75 Å². The summed E-state index contributed by atoms with van der Waals surface area (Å²) in [6.07, 6.45) is 1.64. The topological polar surface area (TPSA) is 55.1 Å². The largest absolute Gasteiger partial charge is 0.390 e. The van der Waals surface area contributed by atoms with Gasteiger partial charge in [0.1, 0.15) is 0 Å². The van der Waals surface area contributed by atoms with Crippen LogP contribution >= 0.6 is 23.1 Å². The van der Waals surface area contributed by atoms with E-state index in [9.17, 15) is 4.79 Å². The molecular weight excluding hydrogens is 316 g/mol. The highest BCUT2D eigenvalue weighted by Crippen LogP contribution is 2.32. The number of benzene rings is 1. The number of Topliss-reactive ketones (excluding diaryl/α,β-unsaturated/α-hetero) is 1. The number of imidazole rings is 1. The van der Waals surface area contributed by atoms with Crippen molar-refractivity contribution in [1.29, 1.82) is 0 Å². The van der Waals surface area contributed by atoms with Gasteiger partial charge in [-0.15, -0.1) is 11.3 Å². The molecule has 1 N–H and O–H groups in total. The van der Waals surface area contributed by atoms with E-state index in [2.05, 4.69) is 11.1 Å². The fraction of sp³-hybridized carbons (Fsp3) is 0.250. The molecule has 2 heterocycles. The minimum absolute atomic E-state index is 0.0482. The molecule has 0 aliphatic heterocycles. The van der Waals surface area contributed by atoms with Crippen molar-refractivity contribution < 1.29 is 9.90 Å². The maximum absolute atomic E-state index is 12.5. The molecule has 0 atom stereocenters. The van der Waals surface area contributed by atoms with E-state index in [4.69, 9.17) is 5.11 Å². The Hall–Kier alpha value is -1.63. The molecule has 0 bridgehead atoms. The van der Waals surface area contributed by atoms with Crippen molar-refractivity contribution in [3.63, 3.8) is 0 Å². The van der Waals surface area contributed by atoms with Gasteiger partial charge >= 0.3 is 0 Å². The van der Waals surface area contributed by atoms with Crippen LogP contribution in [0, 0.1) is 6.92 Å². The van der Waals surface area contributed by atoms with Gasteiger partial charge in [0.25, 0.3) is 0 Å². The third kappa shape index (κ3) is 2.69. The van der Waals surface area contributed by atoms with Gasteiger partial charge in [0.15, 0.2) is 10.9 Å². The van der Waals surface area contributed by atoms with Crippen LogP contribution in [0.15, 0.2) is 35.6 Å². The lowest BCUT2D eigenvalue weighted by Gasteiger charge is -2.03. The van der Waals surface area contributed by atoms with Crippen LogP contribution in [0.25, 0.3) is 10.1 Å². The van der Waals surface area contributed by atoms with Gasteiger partial charge < -0.3 is 9.67 Å². The van der Waals surface area contributed by atoms with Crippen LogP contribution in [-0.4, -0.2) is 26.2 Å². The molecule has 3 rings (SSSR count). The molecule has 0 unspecified atom stereocenters. The molecular formula is C16H16N2O2S2. The fourth-order valence-corrected chi connectivity index (χ4v) is 4.42. The van der Waals surface area contributed by atoms with Gasteiger partial charge in [-0.2, -0.15) is 0 Å². The Morgan fingerprint density at radius 3 is 2.86 bits per heavy atom. The first-order valence-corrected chi connectivity index (χ1v) is 8.67. The third-order valence-electron chi connectivity index (χ3n) is 3.63. The number of thiophene rings is 1. The van der Waals surface area contributed by atoms with Gasteiger partial charge in [-0.3, -0.25) is 4.79 Å². The molecule has 0 radical (unpaired) electrons. The normalized spacial score (nSPS) is 11.2. The number of hydrogen-bond acceptors (Lipinski definition) is 5. The Bertz CT molecular complexity index is 836. The summed E-state index contributed by atoms with van der Waals surface area (Å²) in [5.74, 6) is 0.473. The minimum atomic E-state index is -0.0482. The standard InChI is InChI=1S/C16H16N2O2S2/c1-10-12-5-3-4-6-14(12)22-15(10)13(20)9-21-16-17-7-11(8-19)18(16)2/h3-7,19H,8-9H2,1-2H3. The molecule has 114 valence electrons. The zero-order valence-corrected chi connectivity index (χ0v) is 14.0. The van der Waals surface area contributed by atoms with E-state index >= 15 is 0 Å². The number of carbonyl (C=O) groups is 1. The lowest BCUT2D eigenvalue weighted by atomic mass is 10.1. The van der Waals surface area contributed by atoms with E-state index in [0.717, 1.165) is 31.4 Å². The molecule has 0 aliphatic carbocycles. The Balaban J connectivity index is 1.78. The van der Waals surface area contributed by atoms with Crippen LogP contribution in [0.2, 0.25) is 0 Å². The highest BCUT2D eigenvalue weighted by atomic mass is 32.2. The molecule has 2 aromatic heterocycles. The zero-order chi connectivity index (χ0) is 15.7. The number of ketones is 1. The van der Waals surface area contributed by atoms with Crippen molar-refractivity contribution in [2.24, 2.45) is 7.05 Å².